The van der Waals surface area contributed by atoms with Crippen molar-refractivity contribution in [1.82, 2.24) is 9.55 Å². The molecule has 0 spiro atoms. The minimum absolute atomic E-state index is 0.00860. The van der Waals surface area contributed by atoms with Crippen LogP contribution in [-0.4, -0.2) is 9.55 Å². The molecule has 0 saturated heterocycles. The fourth-order valence-corrected chi connectivity index (χ4v) is 2.99. The number of H-pyrrole nitrogens is 1. The molecular weight excluding hydrogens is 460 g/mol. The van der Waals surface area contributed by atoms with Crippen molar-refractivity contribution in [3.8, 4) is 17.6 Å². The molecule has 3 aromatic rings. The Kier molecular flexibility index (Phi) is 5.63. The predicted octanol–water partition coefficient (Wildman–Crippen LogP) is 3.94. The number of ether oxygens (including phenoxy) is 1. The smallest absolute Gasteiger partial charge is 0.328 e. The summed E-state index contributed by atoms with van der Waals surface area (Å²) in [6.45, 7) is -0.346. The third-order valence-electron chi connectivity index (χ3n) is 3.66. The summed E-state index contributed by atoms with van der Waals surface area (Å²) >= 11 is 9.09. The first-order chi connectivity index (χ1) is 13.3. The van der Waals surface area contributed by atoms with Crippen LogP contribution in [0.5, 0.6) is 11.5 Å². The lowest BCUT2D eigenvalue weighted by atomic mass is 10.2. The van der Waals surface area contributed by atoms with E-state index in [9.17, 15) is 18.4 Å². The molecule has 0 radical (unpaired) electrons. The van der Waals surface area contributed by atoms with Gasteiger partial charge in [0.1, 0.15) is 5.75 Å². The van der Waals surface area contributed by atoms with Gasteiger partial charge in [0.2, 0.25) is 5.82 Å². The van der Waals surface area contributed by atoms with Gasteiger partial charge in [0.25, 0.3) is 5.56 Å². The summed E-state index contributed by atoms with van der Waals surface area (Å²) in [6.07, 6.45) is 0.694. The summed E-state index contributed by atoms with van der Waals surface area (Å²) in [6, 6.07) is 8.98. The largest absolute Gasteiger partial charge is 0.453 e. The Labute approximate surface area is 169 Å². The molecule has 0 bridgehead atoms. The van der Waals surface area contributed by atoms with Crippen molar-refractivity contribution in [2.45, 2.75) is 6.54 Å². The molecule has 3 rings (SSSR count). The van der Waals surface area contributed by atoms with Crippen LogP contribution in [0.2, 0.25) is 5.02 Å². The third-order valence-corrected chi connectivity index (χ3v) is 4.50. The number of aromatic nitrogens is 2. The van der Waals surface area contributed by atoms with Crippen LogP contribution in [0.3, 0.4) is 0 Å². The van der Waals surface area contributed by atoms with Gasteiger partial charge < -0.3 is 4.74 Å². The molecule has 0 aliphatic heterocycles. The zero-order valence-corrected chi connectivity index (χ0v) is 16.1. The summed E-state index contributed by atoms with van der Waals surface area (Å²) in [4.78, 5) is 24.7. The molecule has 0 amide bonds. The molecule has 1 heterocycles. The van der Waals surface area contributed by atoms with Crippen molar-refractivity contribution >= 4 is 27.5 Å². The zero-order valence-electron chi connectivity index (χ0n) is 13.8. The average molecular weight is 469 g/mol. The lowest BCUT2D eigenvalue weighted by Crippen LogP contribution is -2.31. The summed E-state index contributed by atoms with van der Waals surface area (Å²) in [5.74, 6) is -2.06. The normalized spacial score (nSPS) is 10.5. The molecule has 6 nitrogen and oxygen atoms in total. The van der Waals surface area contributed by atoms with Gasteiger partial charge in [-0.1, -0.05) is 17.7 Å². The van der Waals surface area contributed by atoms with Gasteiger partial charge in [0.05, 0.1) is 28.8 Å². The fraction of sp³-hybridized carbons (Fsp3) is 0.0556. The molecule has 10 heteroatoms. The van der Waals surface area contributed by atoms with Crippen LogP contribution in [0.15, 0.2) is 50.6 Å². The Morgan fingerprint density at radius 2 is 2.00 bits per heavy atom. The van der Waals surface area contributed by atoms with E-state index in [0.29, 0.717) is 6.20 Å². The topological polar surface area (TPSA) is 87.9 Å². The van der Waals surface area contributed by atoms with Crippen LogP contribution in [0, 0.1) is 23.0 Å². The lowest BCUT2D eigenvalue weighted by Gasteiger charge is -2.13. The Hall–Kier alpha value is -2.96. The molecule has 28 heavy (non-hydrogen) atoms. The van der Waals surface area contributed by atoms with Crippen molar-refractivity contribution in [3.05, 3.63) is 89.6 Å². The van der Waals surface area contributed by atoms with Crippen LogP contribution in [-0.2, 0) is 6.54 Å². The van der Waals surface area contributed by atoms with Crippen LogP contribution >= 0.6 is 27.5 Å². The first-order valence-electron chi connectivity index (χ1n) is 7.63. The van der Waals surface area contributed by atoms with E-state index in [1.165, 1.54) is 30.3 Å². The van der Waals surface area contributed by atoms with Gasteiger partial charge in [0.15, 0.2) is 11.6 Å². The van der Waals surface area contributed by atoms with Gasteiger partial charge in [-0.3, -0.25) is 14.3 Å². The number of nitriles is 1. The number of halogens is 4. The predicted molar refractivity (Wildman–Crippen MR) is 101 cm³/mol. The van der Waals surface area contributed by atoms with Crippen molar-refractivity contribution in [2.75, 3.05) is 0 Å². The molecule has 0 aliphatic carbocycles. The highest BCUT2D eigenvalue weighted by Gasteiger charge is 2.17. The van der Waals surface area contributed by atoms with E-state index in [0.717, 1.165) is 4.57 Å². The van der Waals surface area contributed by atoms with Crippen LogP contribution in [0.1, 0.15) is 11.1 Å². The van der Waals surface area contributed by atoms with Crippen molar-refractivity contribution in [1.29, 1.82) is 5.26 Å². The molecule has 0 unspecified atom stereocenters. The van der Waals surface area contributed by atoms with Crippen molar-refractivity contribution in [3.63, 3.8) is 0 Å². The second kappa shape index (κ2) is 7.96. The zero-order chi connectivity index (χ0) is 20.4. The number of nitrogens with one attached hydrogen (secondary N) is 1. The Balaban J connectivity index is 2.00. The number of hydrogen-bond donors (Lipinski definition) is 1. The lowest BCUT2D eigenvalue weighted by molar-refractivity contribution is 0.433. The highest BCUT2D eigenvalue weighted by atomic mass is 79.9. The maximum Gasteiger partial charge on any atom is 0.328 e. The Morgan fingerprint density at radius 1 is 1.25 bits per heavy atom. The molecule has 0 aliphatic rings. The van der Waals surface area contributed by atoms with Gasteiger partial charge in [0, 0.05) is 10.6 Å². The number of hydrogen-bond acceptors (Lipinski definition) is 4. The Bertz CT molecular complexity index is 1230. The van der Waals surface area contributed by atoms with Gasteiger partial charge >= 0.3 is 5.69 Å². The fourth-order valence-electron chi connectivity index (χ4n) is 2.38. The van der Waals surface area contributed by atoms with Gasteiger partial charge in [-0.05, 0) is 40.2 Å². The van der Waals surface area contributed by atoms with E-state index >= 15 is 0 Å². The summed E-state index contributed by atoms with van der Waals surface area (Å²) in [5, 5.41) is 9.24. The molecule has 0 fully saturated rings. The number of nitrogens with zero attached hydrogens (tertiary/aromatic N) is 2. The van der Waals surface area contributed by atoms with Gasteiger partial charge in [-0.25, -0.2) is 9.18 Å². The van der Waals surface area contributed by atoms with E-state index in [4.69, 9.17) is 21.6 Å². The van der Waals surface area contributed by atoms with Crippen molar-refractivity contribution in [2.24, 2.45) is 0 Å². The molecule has 2 aromatic carbocycles. The van der Waals surface area contributed by atoms with Crippen LogP contribution < -0.4 is 16.0 Å². The van der Waals surface area contributed by atoms with Crippen LogP contribution in [0.25, 0.3) is 0 Å². The molecule has 0 saturated carbocycles. The number of benzene rings is 2. The minimum atomic E-state index is -1.17. The second-order valence-corrected chi connectivity index (χ2v) is 6.89. The number of rotatable bonds is 4. The van der Waals surface area contributed by atoms with Gasteiger partial charge in [-0.2, -0.15) is 9.65 Å². The Morgan fingerprint density at radius 3 is 2.71 bits per heavy atom. The SMILES string of the molecule is N#Cc1cc(Cl)cc(Oc2c(Br)ccc(Cn3cc(F)c(=O)[nH]c3=O)c2F)c1. The van der Waals surface area contributed by atoms with E-state index in [-0.39, 0.29) is 38.7 Å². The summed E-state index contributed by atoms with van der Waals surface area (Å²) < 4.78 is 35.0. The van der Waals surface area contributed by atoms with E-state index in [2.05, 4.69) is 15.9 Å². The third kappa shape index (κ3) is 4.13. The van der Waals surface area contributed by atoms with Gasteiger partial charge in [-0.15, -0.1) is 0 Å². The highest BCUT2D eigenvalue weighted by Crippen LogP contribution is 2.35. The first-order valence-corrected chi connectivity index (χ1v) is 8.80. The van der Waals surface area contributed by atoms with Crippen molar-refractivity contribution < 1.29 is 13.5 Å². The van der Waals surface area contributed by atoms with Crippen LogP contribution in [0.4, 0.5) is 8.78 Å². The molecule has 1 N–H and O–H groups in total. The molecular formula is C18H9BrClF2N3O3. The van der Waals surface area contributed by atoms with E-state index in [1.54, 1.807) is 4.98 Å². The van der Waals surface area contributed by atoms with E-state index in [1.807, 2.05) is 6.07 Å². The average Bonchev–Trinajstić information content (AvgIpc) is 2.64. The van der Waals surface area contributed by atoms with E-state index < -0.39 is 22.9 Å². The first kappa shape index (κ1) is 19.8. The highest BCUT2D eigenvalue weighted by molar-refractivity contribution is 9.10. The number of aromatic amines is 1. The summed E-state index contributed by atoms with van der Waals surface area (Å²) in [5.41, 5.74) is -1.81. The standard InChI is InChI=1S/C18H9BrClF2N3O3/c19-13-2-1-10(7-25-8-14(21)17(26)24-18(25)27)15(22)16(13)28-12-4-9(6-23)3-11(20)5-12/h1-5,8H,7H2,(H,24,26,27). The second-order valence-electron chi connectivity index (χ2n) is 5.60. The molecule has 142 valence electrons. The molecule has 0 atom stereocenters. The maximum atomic E-state index is 15.0. The molecule has 1 aromatic heterocycles. The quantitative estimate of drug-likeness (QED) is 0.628. The monoisotopic (exact) mass is 467 g/mol. The minimum Gasteiger partial charge on any atom is -0.453 e. The summed E-state index contributed by atoms with van der Waals surface area (Å²) in [7, 11) is 0. The maximum absolute atomic E-state index is 15.0.